The smallest absolute Gasteiger partial charge is 0.269 e. The van der Waals surface area contributed by atoms with Gasteiger partial charge in [-0.05, 0) is 37.3 Å². The Balaban J connectivity index is 1.78. The lowest BCUT2D eigenvalue weighted by Gasteiger charge is -2.31. The molecule has 0 spiro atoms. The Morgan fingerprint density at radius 3 is 2.27 bits per heavy atom. The normalized spacial score (nSPS) is 19.6. The SMILES string of the molecule is CC1Oc2ccccc2OC1C(=O)Nc1cc(Cl)cc(Cl)c1. The van der Waals surface area contributed by atoms with E-state index in [9.17, 15) is 4.79 Å². The fraction of sp³-hybridized carbons (Fsp3) is 0.188. The van der Waals surface area contributed by atoms with Gasteiger partial charge in [-0.2, -0.15) is 0 Å². The molecule has 0 aromatic heterocycles. The van der Waals surface area contributed by atoms with E-state index in [2.05, 4.69) is 5.32 Å². The number of hydrogen-bond donors (Lipinski definition) is 1. The van der Waals surface area contributed by atoms with E-state index in [-0.39, 0.29) is 5.91 Å². The van der Waals surface area contributed by atoms with Gasteiger partial charge in [0.15, 0.2) is 11.5 Å². The average Bonchev–Trinajstić information content (AvgIpc) is 2.45. The number of halogens is 2. The van der Waals surface area contributed by atoms with Crippen molar-refractivity contribution >= 4 is 34.8 Å². The molecule has 0 aliphatic carbocycles. The maximum atomic E-state index is 12.4. The topological polar surface area (TPSA) is 47.6 Å². The van der Waals surface area contributed by atoms with Crippen molar-refractivity contribution in [2.45, 2.75) is 19.1 Å². The number of anilines is 1. The highest BCUT2D eigenvalue weighted by Gasteiger charge is 2.34. The molecule has 1 heterocycles. The van der Waals surface area contributed by atoms with Crippen LogP contribution in [0.5, 0.6) is 11.5 Å². The molecule has 2 aromatic rings. The van der Waals surface area contributed by atoms with Crippen LogP contribution in [0.4, 0.5) is 5.69 Å². The molecule has 1 N–H and O–H groups in total. The number of ether oxygens (including phenoxy) is 2. The number of benzene rings is 2. The summed E-state index contributed by atoms with van der Waals surface area (Å²) in [5.41, 5.74) is 0.511. The molecule has 22 heavy (non-hydrogen) atoms. The minimum Gasteiger partial charge on any atom is -0.482 e. The number of rotatable bonds is 2. The van der Waals surface area contributed by atoms with Crippen molar-refractivity contribution in [3.63, 3.8) is 0 Å². The Morgan fingerprint density at radius 1 is 1.05 bits per heavy atom. The summed E-state index contributed by atoms with van der Waals surface area (Å²) in [5, 5.41) is 3.63. The van der Waals surface area contributed by atoms with Gasteiger partial charge in [0.05, 0.1) is 0 Å². The van der Waals surface area contributed by atoms with Crippen LogP contribution in [0.2, 0.25) is 10.0 Å². The first-order chi connectivity index (χ1) is 10.5. The Kier molecular flexibility index (Phi) is 4.14. The van der Waals surface area contributed by atoms with E-state index in [1.165, 1.54) is 0 Å². The van der Waals surface area contributed by atoms with Crippen molar-refractivity contribution in [3.8, 4) is 11.5 Å². The van der Waals surface area contributed by atoms with Gasteiger partial charge in [-0.15, -0.1) is 0 Å². The lowest BCUT2D eigenvalue weighted by molar-refractivity contribution is -0.128. The van der Waals surface area contributed by atoms with Crippen LogP contribution in [0.3, 0.4) is 0 Å². The second-order valence-electron chi connectivity index (χ2n) is 4.96. The Hall–Kier alpha value is -1.91. The van der Waals surface area contributed by atoms with Gasteiger partial charge in [-0.3, -0.25) is 4.79 Å². The molecule has 0 saturated carbocycles. The molecule has 2 atom stereocenters. The van der Waals surface area contributed by atoms with Crippen LogP contribution in [-0.4, -0.2) is 18.1 Å². The molecule has 0 bridgehead atoms. The van der Waals surface area contributed by atoms with Crippen LogP contribution in [0.15, 0.2) is 42.5 Å². The van der Waals surface area contributed by atoms with Gasteiger partial charge >= 0.3 is 0 Å². The predicted octanol–water partition coefficient (Wildman–Crippen LogP) is 4.16. The van der Waals surface area contributed by atoms with Crippen LogP contribution in [-0.2, 0) is 4.79 Å². The molecule has 0 radical (unpaired) electrons. The van der Waals surface area contributed by atoms with E-state index < -0.39 is 12.2 Å². The fourth-order valence-corrected chi connectivity index (χ4v) is 2.77. The Bertz CT molecular complexity index is 700. The van der Waals surface area contributed by atoms with E-state index in [0.29, 0.717) is 27.2 Å². The Labute approximate surface area is 137 Å². The van der Waals surface area contributed by atoms with Crippen LogP contribution in [0.25, 0.3) is 0 Å². The average molecular weight is 338 g/mol. The number of nitrogens with one attached hydrogen (secondary N) is 1. The molecule has 2 unspecified atom stereocenters. The van der Waals surface area contributed by atoms with Gasteiger partial charge in [0.2, 0.25) is 6.10 Å². The van der Waals surface area contributed by atoms with Gasteiger partial charge in [0.25, 0.3) is 5.91 Å². The molecule has 4 nitrogen and oxygen atoms in total. The van der Waals surface area contributed by atoms with Crippen molar-refractivity contribution in [2.24, 2.45) is 0 Å². The summed E-state index contributed by atoms with van der Waals surface area (Å²) in [6.07, 6.45) is -1.17. The fourth-order valence-electron chi connectivity index (χ4n) is 2.25. The maximum Gasteiger partial charge on any atom is 0.269 e. The number of carbonyl (C=O) groups excluding carboxylic acids is 1. The molecular formula is C16H13Cl2NO3. The van der Waals surface area contributed by atoms with Crippen molar-refractivity contribution in [2.75, 3.05) is 5.32 Å². The summed E-state index contributed by atoms with van der Waals surface area (Å²) in [6, 6.07) is 12.1. The first-order valence-corrected chi connectivity index (χ1v) is 7.48. The second kappa shape index (κ2) is 6.07. The second-order valence-corrected chi connectivity index (χ2v) is 5.83. The van der Waals surface area contributed by atoms with Crippen molar-refractivity contribution < 1.29 is 14.3 Å². The third-order valence-corrected chi connectivity index (χ3v) is 3.67. The lowest BCUT2D eigenvalue weighted by Crippen LogP contribution is -2.46. The summed E-state index contributed by atoms with van der Waals surface area (Å²) in [5.74, 6) is 0.857. The minimum absolute atomic E-state index is 0.319. The molecule has 2 aromatic carbocycles. The zero-order valence-corrected chi connectivity index (χ0v) is 13.2. The van der Waals surface area contributed by atoms with Gasteiger partial charge in [0.1, 0.15) is 6.10 Å². The first-order valence-electron chi connectivity index (χ1n) is 6.72. The number of para-hydroxylation sites is 2. The van der Waals surface area contributed by atoms with Crippen LogP contribution in [0, 0.1) is 0 Å². The van der Waals surface area contributed by atoms with E-state index >= 15 is 0 Å². The Morgan fingerprint density at radius 2 is 1.64 bits per heavy atom. The predicted molar refractivity (Wildman–Crippen MR) is 86.0 cm³/mol. The molecule has 1 aliphatic heterocycles. The van der Waals surface area contributed by atoms with E-state index in [0.717, 1.165) is 0 Å². The largest absolute Gasteiger partial charge is 0.482 e. The summed E-state index contributed by atoms with van der Waals surface area (Å²) in [6.45, 7) is 1.78. The highest BCUT2D eigenvalue weighted by atomic mass is 35.5. The highest BCUT2D eigenvalue weighted by molar-refractivity contribution is 6.35. The minimum atomic E-state index is -0.757. The van der Waals surface area contributed by atoms with Crippen LogP contribution >= 0.6 is 23.2 Å². The zero-order chi connectivity index (χ0) is 15.7. The van der Waals surface area contributed by atoms with Gasteiger partial charge < -0.3 is 14.8 Å². The molecular weight excluding hydrogens is 325 g/mol. The standard InChI is InChI=1S/C16H13Cl2NO3/c1-9-15(22-14-5-3-2-4-13(14)21-9)16(20)19-12-7-10(17)6-11(18)8-12/h2-9,15H,1H3,(H,19,20). The maximum absolute atomic E-state index is 12.4. The molecule has 6 heteroatoms. The zero-order valence-electron chi connectivity index (χ0n) is 11.7. The van der Waals surface area contributed by atoms with Gasteiger partial charge in [-0.25, -0.2) is 0 Å². The summed E-state index contributed by atoms with van der Waals surface area (Å²) >= 11 is 11.8. The first kappa shape index (κ1) is 15.0. The van der Waals surface area contributed by atoms with Crippen molar-refractivity contribution in [1.29, 1.82) is 0 Å². The monoisotopic (exact) mass is 337 g/mol. The molecule has 1 amide bonds. The van der Waals surface area contributed by atoms with Gasteiger partial charge in [-0.1, -0.05) is 35.3 Å². The summed E-state index contributed by atoms with van der Waals surface area (Å²) < 4.78 is 11.4. The van der Waals surface area contributed by atoms with E-state index in [1.54, 1.807) is 37.3 Å². The third kappa shape index (κ3) is 3.13. The number of carbonyl (C=O) groups is 1. The van der Waals surface area contributed by atoms with Crippen LogP contribution < -0.4 is 14.8 Å². The molecule has 3 rings (SSSR count). The van der Waals surface area contributed by atoms with Crippen molar-refractivity contribution in [1.82, 2.24) is 0 Å². The molecule has 0 saturated heterocycles. The molecule has 0 fully saturated rings. The summed E-state index contributed by atoms with van der Waals surface area (Å²) in [7, 11) is 0. The number of fused-ring (bicyclic) bond motifs is 1. The molecule has 114 valence electrons. The third-order valence-electron chi connectivity index (χ3n) is 3.23. The molecule has 1 aliphatic rings. The summed E-state index contributed by atoms with van der Waals surface area (Å²) in [4.78, 5) is 12.4. The number of amides is 1. The number of hydrogen-bond acceptors (Lipinski definition) is 3. The quantitative estimate of drug-likeness (QED) is 0.894. The van der Waals surface area contributed by atoms with E-state index in [4.69, 9.17) is 32.7 Å². The van der Waals surface area contributed by atoms with Crippen molar-refractivity contribution in [3.05, 3.63) is 52.5 Å². The van der Waals surface area contributed by atoms with Gasteiger partial charge in [0, 0.05) is 15.7 Å². The lowest BCUT2D eigenvalue weighted by atomic mass is 10.1. The van der Waals surface area contributed by atoms with E-state index in [1.807, 2.05) is 12.1 Å². The highest BCUT2D eigenvalue weighted by Crippen LogP contribution is 2.34. The van der Waals surface area contributed by atoms with Crippen LogP contribution in [0.1, 0.15) is 6.92 Å².